The lowest BCUT2D eigenvalue weighted by Crippen LogP contribution is -2.40. The molecule has 0 bridgehead atoms. The van der Waals surface area contributed by atoms with Gasteiger partial charge in [0.05, 0.1) is 6.54 Å². The van der Waals surface area contributed by atoms with Crippen LogP contribution in [0.15, 0.2) is 18.5 Å². The van der Waals surface area contributed by atoms with Gasteiger partial charge in [0.2, 0.25) is 0 Å². The van der Waals surface area contributed by atoms with E-state index < -0.39 is 0 Å². The first-order valence-electron chi connectivity index (χ1n) is 5.91. The zero-order valence-electron chi connectivity index (χ0n) is 10.5. The Balaban J connectivity index is 2.32. The molecule has 16 heavy (non-hydrogen) atoms. The molecule has 0 aliphatic rings. The van der Waals surface area contributed by atoms with Crippen molar-refractivity contribution in [3.8, 4) is 0 Å². The van der Waals surface area contributed by atoms with Gasteiger partial charge in [0.15, 0.2) is 0 Å². The number of aliphatic hydroxyl groups is 1. The molecule has 0 amide bonds. The molecule has 2 atom stereocenters. The van der Waals surface area contributed by atoms with E-state index in [0.29, 0.717) is 6.04 Å². The van der Waals surface area contributed by atoms with Crippen LogP contribution in [0, 0.1) is 5.41 Å². The van der Waals surface area contributed by atoms with E-state index in [4.69, 9.17) is 0 Å². The van der Waals surface area contributed by atoms with Gasteiger partial charge in [0, 0.05) is 37.0 Å². The first-order valence-corrected chi connectivity index (χ1v) is 5.91. The summed E-state index contributed by atoms with van der Waals surface area (Å²) in [6.07, 6.45) is 4.73. The highest BCUT2D eigenvalue weighted by Gasteiger charge is 2.21. The zero-order valence-corrected chi connectivity index (χ0v) is 10.5. The fourth-order valence-electron chi connectivity index (χ4n) is 1.47. The van der Waals surface area contributed by atoms with Gasteiger partial charge in [0.1, 0.15) is 0 Å². The van der Waals surface area contributed by atoms with Crippen molar-refractivity contribution in [2.75, 3.05) is 13.2 Å². The first-order chi connectivity index (χ1) is 7.59. The zero-order chi connectivity index (χ0) is 12.0. The molecule has 1 rings (SSSR count). The predicted octanol–water partition coefficient (Wildman–Crippen LogP) is 1.27. The Bertz CT molecular complexity index is 280. The second kappa shape index (κ2) is 6.01. The van der Waals surface area contributed by atoms with Gasteiger partial charge in [-0.25, -0.2) is 0 Å². The first kappa shape index (κ1) is 13.2. The van der Waals surface area contributed by atoms with Crippen molar-refractivity contribution in [3.05, 3.63) is 18.5 Å². The third-order valence-corrected chi connectivity index (χ3v) is 3.13. The maximum Gasteiger partial charge on any atom is 0.0559 e. The van der Waals surface area contributed by atoms with Crippen LogP contribution in [0.5, 0.6) is 0 Å². The van der Waals surface area contributed by atoms with Crippen molar-refractivity contribution >= 4 is 0 Å². The van der Waals surface area contributed by atoms with E-state index in [1.54, 1.807) is 6.20 Å². The van der Waals surface area contributed by atoms with E-state index in [0.717, 1.165) is 19.5 Å². The molecular weight excluding hydrogens is 202 g/mol. The van der Waals surface area contributed by atoms with Crippen LogP contribution >= 0.6 is 0 Å². The summed E-state index contributed by atoms with van der Waals surface area (Å²) < 4.78 is 1.92. The maximum absolute atomic E-state index is 9.30. The summed E-state index contributed by atoms with van der Waals surface area (Å²) in [5.41, 5.74) is -0.0155. The fraction of sp³-hybridized carbons (Fsp3) is 0.750. The highest BCUT2D eigenvalue weighted by atomic mass is 16.3. The summed E-state index contributed by atoms with van der Waals surface area (Å²) in [5.74, 6) is 0. The lowest BCUT2D eigenvalue weighted by Gasteiger charge is -2.28. The minimum absolute atomic E-state index is 0.0155. The van der Waals surface area contributed by atoms with Gasteiger partial charge in [-0.2, -0.15) is 5.10 Å². The smallest absolute Gasteiger partial charge is 0.0559 e. The van der Waals surface area contributed by atoms with Gasteiger partial charge in [-0.3, -0.25) is 4.68 Å². The molecule has 0 fully saturated rings. The van der Waals surface area contributed by atoms with Crippen molar-refractivity contribution in [1.29, 1.82) is 0 Å². The van der Waals surface area contributed by atoms with Crippen LogP contribution in [0.25, 0.3) is 0 Å². The third kappa shape index (κ3) is 3.94. The van der Waals surface area contributed by atoms with Crippen molar-refractivity contribution in [3.63, 3.8) is 0 Å². The average molecular weight is 225 g/mol. The Kier molecular flexibility index (Phi) is 4.96. The Morgan fingerprint density at radius 3 is 2.81 bits per heavy atom. The summed E-state index contributed by atoms with van der Waals surface area (Å²) in [5, 5.41) is 16.9. The van der Waals surface area contributed by atoms with E-state index in [-0.39, 0.29) is 12.0 Å². The monoisotopic (exact) mass is 225 g/mol. The van der Waals surface area contributed by atoms with Gasteiger partial charge in [0.25, 0.3) is 0 Å². The Labute approximate surface area is 97.7 Å². The summed E-state index contributed by atoms with van der Waals surface area (Å²) in [7, 11) is 0. The SMILES string of the molecule is CCC(C)(CO)CNC(C)Cn1cccn1. The molecule has 4 heteroatoms. The number of aliphatic hydroxyl groups excluding tert-OH is 1. The average Bonchev–Trinajstić information content (AvgIpc) is 2.79. The standard InChI is InChI=1S/C12H23N3O/c1-4-12(3,10-16)9-13-11(2)8-15-7-5-6-14-15/h5-7,11,13,16H,4,8-10H2,1-3H3. The van der Waals surface area contributed by atoms with E-state index >= 15 is 0 Å². The number of nitrogens with one attached hydrogen (secondary N) is 1. The third-order valence-electron chi connectivity index (χ3n) is 3.13. The normalized spacial score (nSPS) is 17.0. The van der Waals surface area contributed by atoms with Crippen LogP contribution in [-0.4, -0.2) is 34.1 Å². The molecule has 0 radical (unpaired) electrons. The van der Waals surface area contributed by atoms with Crippen LogP contribution in [0.3, 0.4) is 0 Å². The largest absolute Gasteiger partial charge is 0.396 e. The second-order valence-electron chi connectivity index (χ2n) is 4.83. The minimum Gasteiger partial charge on any atom is -0.396 e. The van der Waals surface area contributed by atoms with E-state index in [1.807, 2.05) is 16.9 Å². The fourth-order valence-corrected chi connectivity index (χ4v) is 1.47. The van der Waals surface area contributed by atoms with Gasteiger partial charge < -0.3 is 10.4 Å². The lowest BCUT2D eigenvalue weighted by molar-refractivity contribution is 0.131. The number of hydrogen-bond acceptors (Lipinski definition) is 3. The van der Waals surface area contributed by atoms with Crippen LogP contribution in [0.2, 0.25) is 0 Å². The summed E-state index contributed by atoms with van der Waals surface area (Å²) >= 11 is 0. The van der Waals surface area contributed by atoms with Crippen LogP contribution in [-0.2, 0) is 6.54 Å². The quantitative estimate of drug-likeness (QED) is 0.734. The molecule has 4 nitrogen and oxygen atoms in total. The minimum atomic E-state index is -0.0155. The Morgan fingerprint density at radius 2 is 2.31 bits per heavy atom. The molecule has 2 N–H and O–H groups in total. The molecule has 1 aromatic heterocycles. The predicted molar refractivity (Wildman–Crippen MR) is 65.2 cm³/mol. The van der Waals surface area contributed by atoms with Gasteiger partial charge in [-0.1, -0.05) is 13.8 Å². The Hall–Kier alpha value is -0.870. The van der Waals surface area contributed by atoms with Gasteiger partial charge in [-0.05, 0) is 19.4 Å². The number of rotatable bonds is 7. The molecule has 0 saturated heterocycles. The van der Waals surface area contributed by atoms with Crippen molar-refractivity contribution < 1.29 is 5.11 Å². The molecule has 0 aromatic carbocycles. The van der Waals surface area contributed by atoms with E-state index in [1.165, 1.54) is 0 Å². The van der Waals surface area contributed by atoms with Crippen molar-refractivity contribution in [1.82, 2.24) is 15.1 Å². The topological polar surface area (TPSA) is 50.1 Å². The van der Waals surface area contributed by atoms with Crippen molar-refractivity contribution in [2.45, 2.75) is 39.8 Å². The number of aromatic nitrogens is 2. The summed E-state index contributed by atoms with van der Waals surface area (Å²) in [4.78, 5) is 0. The molecule has 0 aliphatic heterocycles. The summed E-state index contributed by atoms with van der Waals surface area (Å²) in [6, 6.07) is 2.29. The second-order valence-corrected chi connectivity index (χ2v) is 4.83. The maximum atomic E-state index is 9.30. The van der Waals surface area contributed by atoms with Crippen LogP contribution in [0.4, 0.5) is 0 Å². The highest BCUT2D eigenvalue weighted by Crippen LogP contribution is 2.18. The molecule has 1 heterocycles. The van der Waals surface area contributed by atoms with E-state index in [9.17, 15) is 5.11 Å². The molecule has 2 unspecified atom stereocenters. The molecule has 0 spiro atoms. The molecule has 0 aliphatic carbocycles. The highest BCUT2D eigenvalue weighted by molar-refractivity contribution is 4.80. The molecule has 92 valence electrons. The van der Waals surface area contributed by atoms with Gasteiger partial charge >= 0.3 is 0 Å². The number of nitrogens with zero attached hydrogens (tertiary/aromatic N) is 2. The van der Waals surface area contributed by atoms with E-state index in [2.05, 4.69) is 31.2 Å². The summed E-state index contributed by atoms with van der Waals surface area (Å²) in [6.45, 7) is 8.26. The van der Waals surface area contributed by atoms with Crippen LogP contribution in [0.1, 0.15) is 27.2 Å². The van der Waals surface area contributed by atoms with Crippen LogP contribution < -0.4 is 5.32 Å². The Morgan fingerprint density at radius 1 is 1.56 bits per heavy atom. The van der Waals surface area contributed by atoms with Crippen molar-refractivity contribution in [2.24, 2.45) is 5.41 Å². The number of hydrogen-bond donors (Lipinski definition) is 2. The molecular formula is C12H23N3O. The van der Waals surface area contributed by atoms with Gasteiger partial charge in [-0.15, -0.1) is 0 Å². The lowest BCUT2D eigenvalue weighted by atomic mass is 9.88. The molecule has 0 saturated carbocycles. The molecule has 1 aromatic rings.